The van der Waals surface area contributed by atoms with Crippen molar-refractivity contribution in [2.45, 2.75) is 98.3 Å². The summed E-state index contributed by atoms with van der Waals surface area (Å²) in [5, 5.41) is 8.97. The Bertz CT molecular complexity index is 227. The molecule has 0 radical (unpaired) electrons. The number of nitrogens with zero attached hydrogens (tertiary/aromatic N) is 1. The summed E-state index contributed by atoms with van der Waals surface area (Å²) in [6.45, 7) is 9.24. The lowest BCUT2D eigenvalue weighted by Gasteiger charge is -2.35. The minimum Gasteiger partial charge on any atom is -0.198 e. The van der Waals surface area contributed by atoms with Gasteiger partial charge in [0.15, 0.2) is 0 Å². The van der Waals surface area contributed by atoms with Crippen molar-refractivity contribution >= 4 is 0 Å². The van der Waals surface area contributed by atoms with Crippen LogP contribution in [-0.2, 0) is 0 Å². The van der Waals surface area contributed by atoms with Crippen LogP contribution < -0.4 is 0 Å². The Morgan fingerprint density at radius 2 is 1.37 bits per heavy atom. The molecule has 0 aromatic rings. The van der Waals surface area contributed by atoms with E-state index in [9.17, 15) is 0 Å². The zero-order valence-electron chi connectivity index (χ0n) is 13.8. The number of unbranched alkanes of at least 4 members (excludes halogenated alkanes) is 6. The van der Waals surface area contributed by atoms with Gasteiger partial charge in [0, 0.05) is 6.42 Å². The summed E-state index contributed by atoms with van der Waals surface area (Å²) in [4.78, 5) is 0. The Morgan fingerprint density at radius 1 is 0.895 bits per heavy atom. The van der Waals surface area contributed by atoms with Gasteiger partial charge in [0.25, 0.3) is 0 Å². The summed E-state index contributed by atoms with van der Waals surface area (Å²) in [5.74, 6) is 0.542. The first-order valence-corrected chi connectivity index (χ1v) is 8.47. The largest absolute Gasteiger partial charge is 0.198 e. The summed E-state index contributed by atoms with van der Waals surface area (Å²) in [7, 11) is 0. The summed E-state index contributed by atoms with van der Waals surface area (Å²) in [6, 6.07) is 2.38. The predicted octanol–water partition coefficient (Wildman–Crippen LogP) is 6.48. The van der Waals surface area contributed by atoms with Crippen molar-refractivity contribution in [3.05, 3.63) is 0 Å². The predicted molar refractivity (Wildman–Crippen MR) is 85.0 cm³/mol. The van der Waals surface area contributed by atoms with Crippen LogP contribution >= 0.6 is 0 Å². The first-order chi connectivity index (χ1) is 9.10. The molecule has 1 nitrogen and oxygen atoms in total. The first-order valence-electron chi connectivity index (χ1n) is 8.47. The van der Waals surface area contributed by atoms with E-state index in [-0.39, 0.29) is 0 Å². The van der Waals surface area contributed by atoms with E-state index in [2.05, 4.69) is 33.8 Å². The zero-order chi connectivity index (χ0) is 14.6. The van der Waals surface area contributed by atoms with Crippen molar-refractivity contribution in [2.75, 3.05) is 0 Å². The van der Waals surface area contributed by atoms with E-state index in [1.165, 1.54) is 64.2 Å². The van der Waals surface area contributed by atoms with Crippen molar-refractivity contribution in [2.24, 2.45) is 11.3 Å². The molecule has 1 heteroatoms. The van der Waals surface area contributed by atoms with Crippen LogP contribution in [0.2, 0.25) is 0 Å². The van der Waals surface area contributed by atoms with Crippen molar-refractivity contribution < 1.29 is 0 Å². The monoisotopic (exact) mass is 265 g/mol. The molecule has 0 aromatic heterocycles. The molecule has 0 bridgehead atoms. The van der Waals surface area contributed by atoms with E-state index < -0.39 is 0 Å². The highest BCUT2D eigenvalue weighted by Crippen LogP contribution is 2.40. The number of hydrogen-bond acceptors (Lipinski definition) is 1. The topological polar surface area (TPSA) is 23.8 Å². The average molecular weight is 265 g/mol. The van der Waals surface area contributed by atoms with Crippen LogP contribution in [0, 0.1) is 22.7 Å². The molecule has 0 saturated carbocycles. The molecule has 0 aliphatic carbocycles. The van der Waals surface area contributed by atoms with E-state index in [1.807, 2.05) is 0 Å². The molecular formula is C18H35N. The normalized spacial score (nSPS) is 13.2. The molecular weight excluding hydrogens is 230 g/mol. The third kappa shape index (κ3) is 8.30. The molecule has 19 heavy (non-hydrogen) atoms. The van der Waals surface area contributed by atoms with Crippen LogP contribution in [0.5, 0.6) is 0 Å². The second-order valence-corrected chi connectivity index (χ2v) is 6.54. The Balaban J connectivity index is 4.23. The molecule has 0 heterocycles. The van der Waals surface area contributed by atoms with Crippen LogP contribution in [0.1, 0.15) is 98.3 Å². The van der Waals surface area contributed by atoms with Gasteiger partial charge in [-0.05, 0) is 24.2 Å². The third-order valence-electron chi connectivity index (χ3n) is 4.79. The standard InChI is InChI=1S/C18H35N/c1-5-7-9-11-14-18(4,17(3)13-16-19)15-12-10-8-6-2/h17H,5-15H2,1-4H3. The Labute approximate surface area is 121 Å². The van der Waals surface area contributed by atoms with Gasteiger partial charge < -0.3 is 0 Å². The molecule has 0 N–H and O–H groups in total. The third-order valence-corrected chi connectivity index (χ3v) is 4.79. The SMILES string of the molecule is CCCCCCC(C)(CCCCCC)C(C)CC#N. The lowest BCUT2D eigenvalue weighted by atomic mass is 9.69. The number of rotatable bonds is 12. The second-order valence-electron chi connectivity index (χ2n) is 6.54. The Kier molecular flexibility index (Phi) is 11.0. The maximum atomic E-state index is 8.97. The van der Waals surface area contributed by atoms with Crippen molar-refractivity contribution in [3.8, 4) is 6.07 Å². The highest BCUT2D eigenvalue weighted by molar-refractivity contribution is 4.86. The summed E-state index contributed by atoms with van der Waals surface area (Å²) in [6.07, 6.45) is 14.1. The highest BCUT2D eigenvalue weighted by Gasteiger charge is 2.29. The fraction of sp³-hybridized carbons (Fsp3) is 0.944. The molecule has 0 aliphatic rings. The lowest BCUT2D eigenvalue weighted by molar-refractivity contribution is 0.158. The maximum absolute atomic E-state index is 8.97. The van der Waals surface area contributed by atoms with Crippen LogP contribution in [0.25, 0.3) is 0 Å². The van der Waals surface area contributed by atoms with E-state index in [4.69, 9.17) is 5.26 Å². The van der Waals surface area contributed by atoms with Gasteiger partial charge in [-0.2, -0.15) is 5.26 Å². The number of hydrogen-bond donors (Lipinski definition) is 0. The van der Waals surface area contributed by atoms with E-state index >= 15 is 0 Å². The summed E-state index contributed by atoms with van der Waals surface area (Å²) >= 11 is 0. The van der Waals surface area contributed by atoms with Gasteiger partial charge in [-0.1, -0.05) is 79.1 Å². The van der Waals surface area contributed by atoms with Crippen LogP contribution in [0.15, 0.2) is 0 Å². The second kappa shape index (κ2) is 11.3. The van der Waals surface area contributed by atoms with Gasteiger partial charge in [0.05, 0.1) is 6.07 Å². The Morgan fingerprint density at radius 3 is 1.74 bits per heavy atom. The van der Waals surface area contributed by atoms with Crippen molar-refractivity contribution in [1.29, 1.82) is 5.26 Å². The molecule has 0 spiro atoms. The van der Waals surface area contributed by atoms with Gasteiger partial charge in [0.1, 0.15) is 0 Å². The smallest absolute Gasteiger partial charge is 0.0624 e. The van der Waals surface area contributed by atoms with Gasteiger partial charge in [-0.25, -0.2) is 0 Å². The minimum atomic E-state index is 0.386. The number of nitriles is 1. The van der Waals surface area contributed by atoms with E-state index in [1.54, 1.807) is 0 Å². The fourth-order valence-electron chi connectivity index (χ4n) is 2.91. The molecule has 0 amide bonds. The minimum absolute atomic E-state index is 0.386. The van der Waals surface area contributed by atoms with Gasteiger partial charge >= 0.3 is 0 Å². The molecule has 0 aliphatic heterocycles. The summed E-state index contributed by atoms with van der Waals surface area (Å²) in [5.41, 5.74) is 0.386. The molecule has 0 fully saturated rings. The van der Waals surface area contributed by atoms with Crippen molar-refractivity contribution in [1.82, 2.24) is 0 Å². The summed E-state index contributed by atoms with van der Waals surface area (Å²) < 4.78 is 0. The van der Waals surface area contributed by atoms with Gasteiger partial charge in [-0.3, -0.25) is 0 Å². The molecule has 0 aromatic carbocycles. The van der Waals surface area contributed by atoms with Gasteiger partial charge in [0.2, 0.25) is 0 Å². The maximum Gasteiger partial charge on any atom is 0.0624 e. The molecule has 112 valence electrons. The van der Waals surface area contributed by atoms with Crippen LogP contribution in [0.4, 0.5) is 0 Å². The van der Waals surface area contributed by atoms with E-state index in [0.29, 0.717) is 11.3 Å². The van der Waals surface area contributed by atoms with E-state index in [0.717, 1.165) is 6.42 Å². The molecule has 1 unspecified atom stereocenters. The molecule has 0 rings (SSSR count). The quantitative estimate of drug-likeness (QED) is 0.370. The van der Waals surface area contributed by atoms with Gasteiger partial charge in [-0.15, -0.1) is 0 Å². The zero-order valence-corrected chi connectivity index (χ0v) is 13.8. The highest BCUT2D eigenvalue weighted by atomic mass is 14.4. The molecule has 1 atom stereocenters. The average Bonchev–Trinajstić information content (AvgIpc) is 2.40. The van der Waals surface area contributed by atoms with Crippen LogP contribution in [0.3, 0.4) is 0 Å². The lowest BCUT2D eigenvalue weighted by Crippen LogP contribution is -2.25. The van der Waals surface area contributed by atoms with Crippen molar-refractivity contribution in [3.63, 3.8) is 0 Å². The molecule has 0 saturated heterocycles. The fourth-order valence-corrected chi connectivity index (χ4v) is 2.91. The Hall–Kier alpha value is -0.510. The first kappa shape index (κ1) is 18.5. The van der Waals surface area contributed by atoms with Crippen LogP contribution in [-0.4, -0.2) is 0 Å².